The monoisotopic (exact) mass is 361 g/mol. The summed E-state index contributed by atoms with van der Waals surface area (Å²) >= 11 is 0. The number of aryl methyl sites for hydroxylation is 1. The number of nitrogens with zero attached hydrogens (tertiary/aromatic N) is 2. The largest absolute Gasteiger partial charge is 0.484 e. The molecule has 1 fully saturated rings. The van der Waals surface area contributed by atoms with E-state index in [9.17, 15) is 4.79 Å². The molecule has 1 saturated heterocycles. The third-order valence-electron chi connectivity index (χ3n) is 5.05. The van der Waals surface area contributed by atoms with Crippen LogP contribution >= 0.6 is 0 Å². The molecule has 146 valence electrons. The first-order valence-electron chi connectivity index (χ1n) is 9.76. The molecule has 1 heterocycles. The Hall–Kier alpha value is -1.59. The Morgan fingerprint density at radius 1 is 1.19 bits per heavy atom. The summed E-state index contributed by atoms with van der Waals surface area (Å²) in [7, 11) is 2.17. The van der Waals surface area contributed by atoms with E-state index in [4.69, 9.17) is 4.74 Å². The summed E-state index contributed by atoms with van der Waals surface area (Å²) in [5.74, 6) is 1.64. The predicted octanol–water partition coefficient (Wildman–Crippen LogP) is 2.50. The van der Waals surface area contributed by atoms with Crippen LogP contribution < -0.4 is 10.1 Å². The van der Waals surface area contributed by atoms with Gasteiger partial charge >= 0.3 is 0 Å². The highest BCUT2D eigenvalue weighted by Gasteiger charge is 2.16. The fourth-order valence-corrected chi connectivity index (χ4v) is 3.41. The standard InChI is InChI=1S/C21H35N3O2/c1-16(2)20-7-6-19(12-18(20)4)26-15-21(25)22-13-17(3)14-24-10-8-23(5)9-11-24/h6-7,12,16-17H,8-11,13-15H2,1-5H3,(H,22,25). The van der Waals surface area contributed by atoms with Crippen LogP contribution in [-0.4, -0.2) is 68.6 Å². The molecule has 0 aromatic heterocycles. The van der Waals surface area contributed by atoms with Crippen LogP contribution in [0.5, 0.6) is 5.75 Å². The lowest BCUT2D eigenvalue weighted by Gasteiger charge is -2.33. The molecule has 1 N–H and O–H groups in total. The number of rotatable bonds is 8. The highest BCUT2D eigenvalue weighted by atomic mass is 16.5. The molecule has 1 amide bonds. The van der Waals surface area contributed by atoms with Crippen molar-refractivity contribution < 1.29 is 9.53 Å². The van der Waals surface area contributed by atoms with Gasteiger partial charge in [-0.2, -0.15) is 0 Å². The van der Waals surface area contributed by atoms with Crippen molar-refractivity contribution in [1.29, 1.82) is 0 Å². The molecule has 0 radical (unpaired) electrons. The Labute approximate surface area is 158 Å². The molecule has 1 aliphatic heterocycles. The summed E-state index contributed by atoms with van der Waals surface area (Å²) in [6.45, 7) is 14.9. The lowest BCUT2D eigenvalue weighted by Crippen LogP contribution is -2.47. The molecule has 5 nitrogen and oxygen atoms in total. The van der Waals surface area contributed by atoms with Crippen molar-refractivity contribution in [1.82, 2.24) is 15.1 Å². The molecule has 2 rings (SSSR count). The first kappa shape index (κ1) is 20.7. The number of carbonyl (C=O) groups excluding carboxylic acids is 1. The van der Waals surface area contributed by atoms with Crippen molar-refractivity contribution in [2.75, 3.05) is 52.9 Å². The predicted molar refractivity (Wildman–Crippen MR) is 107 cm³/mol. The van der Waals surface area contributed by atoms with Gasteiger partial charge in [0.2, 0.25) is 0 Å². The molecule has 0 aliphatic carbocycles. The lowest BCUT2D eigenvalue weighted by atomic mass is 9.98. The van der Waals surface area contributed by atoms with Crippen molar-refractivity contribution in [2.45, 2.75) is 33.6 Å². The first-order chi connectivity index (χ1) is 12.3. The number of amides is 1. The molecule has 1 aromatic rings. The van der Waals surface area contributed by atoms with Gasteiger partial charge in [0, 0.05) is 39.3 Å². The van der Waals surface area contributed by atoms with E-state index >= 15 is 0 Å². The average molecular weight is 362 g/mol. The van der Waals surface area contributed by atoms with Gasteiger partial charge in [-0.05, 0) is 49.1 Å². The molecule has 1 aromatic carbocycles. The second kappa shape index (κ2) is 9.93. The van der Waals surface area contributed by atoms with Gasteiger partial charge < -0.3 is 19.9 Å². The SMILES string of the molecule is Cc1cc(OCC(=O)NCC(C)CN2CCN(C)CC2)ccc1C(C)C. The van der Waals surface area contributed by atoms with Crippen LogP contribution in [0.1, 0.15) is 37.8 Å². The summed E-state index contributed by atoms with van der Waals surface area (Å²) in [6.07, 6.45) is 0. The molecule has 1 aliphatic rings. The van der Waals surface area contributed by atoms with E-state index in [0.717, 1.165) is 38.5 Å². The molecule has 1 atom stereocenters. The van der Waals surface area contributed by atoms with Crippen molar-refractivity contribution in [3.05, 3.63) is 29.3 Å². The van der Waals surface area contributed by atoms with Crippen LogP contribution in [0.2, 0.25) is 0 Å². The highest BCUT2D eigenvalue weighted by Crippen LogP contribution is 2.23. The molecule has 5 heteroatoms. The van der Waals surface area contributed by atoms with Crippen LogP contribution in [-0.2, 0) is 4.79 Å². The van der Waals surface area contributed by atoms with Gasteiger partial charge in [-0.1, -0.05) is 26.8 Å². The summed E-state index contributed by atoms with van der Waals surface area (Å²) < 4.78 is 5.65. The number of piperazine rings is 1. The first-order valence-corrected chi connectivity index (χ1v) is 9.76. The van der Waals surface area contributed by atoms with E-state index in [0.29, 0.717) is 18.4 Å². The number of carbonyl (C=O) groups is 1. The minimum Gasteiger partial charge on any atom is -0.484 e. The normalized spacial score (nSPS) is 17.3. The zero-order chi connectivity index (χ0) is 19.1. The van der Waals surface area contributed by atoms with Crippen LogP contribution in [0, 0.1) is 12.8 Å². The van der Waals surface area contributed by atoms with E-state index in [2.05, 4.69) is 55.9 Å². The Bertz CT molecular complexity index is 581. The summed E-state index contributed by atoms with van der Waals surface area (Å²) in [6, 6.07) is 6.05. The maximum absolute atomic E-state index is 12.1. The maximum atomic E-state index is 12.1. The van der Waals surface area contributed by atoms with E-state index in [-0.39, 0.29) is 12.5 Å². The fourth-order valence-electron chi connectivity index (χ4n) is 3.41. The molecule has 1 unspecified atom stereocenters. The highest BCUT2D eigenvalue weighted by molar-refractivity contribution is 5.77. The van der Waals surface area contributed by atoms with Gasteiger partial charge in [-0.25, -0.2) is 0 Å². The number of hydrogen-bond acceptors (Lipinski definition) is 4. The second-order valence-electron chi connectivity index (χ2n) is 7.97. The van der Waals surface area contributed by atoms with Crippen molar-refractivity contribution in [3.63, 3.8) is 0 Å². The third-order valence-corrected chi connectivity index (χ3v) is 5.05. The Morgan fingerprint density at radius 3 is 2.50 bits per heavy atom. The van der Waals surface area contributed by atoms with Gasteiger partial charge in [0.25, 0.3) is 5.91 Å². The molecular formula is C21H35N3O2. The van der Waals surface area contributed by atoms with Gasteiger partial charge in [-0.3, -0.25) is 4.79 Å². The van der Waals surface area contributed by atoms with E-state index in [1.54, 1.807) is 0 Å². The molecular weight excluding hydrogens is 326 g/mol. The van der Waals surface area contributed by atoms with Crippen molar-refractivity contribution >= 4 is 5.91 Å². The van der Waals surface area contributed by atoms with Gasteiger partial charge in [0.15, 0.2) is 6.61 Å². The van der Waals surface area contributed by atoms with Gasteiger partial charge in [0.1, 0.15) is 5.75 Å². The Balaban J connectivity index is 1.68. The third kappa shape index (κ3) is 6.61. The lowest BCUT2D eigenvalue weighted by molar-refractivity contribution is -0.123. The topological polar surface area (TPSA) is 44.8 Å². The van der Waals surface area contributed by atoms with Gasteiger partial charge in [0.05, 0.1) is 0 Å². The summed E-state index contributed by atoms with van der Waals surface area (Å²) in [5.41, 5.74) is 2.53. The van der Waals surface area contributed by atoms with Gasteiger partial charge in [-0.15, -0.1) is 0 Å². The zero-order valence-corrected chi connectivity index (χ0v) is 17.0. The smallest absolute Gasteiger partial charge is 0.257 e. The van der Waals surface area contributed by atoms with Crippen molar-refractivity contribution in [3.8, 4) is 5.75 Å². The number of ether oxygens (including phenoxy) is 1. The summed E-state index contributed by atoms with van der Waals surface area (Å²) in [4.78, 5) is 16.9. The van der Waals surface area contributed by atoms with Crippen LogP contribution in [0.4, 0.5) is 0 Å². The molecule has 26 heavy (non-hydrogen) atoms. The number of benzene rings is 1. The zero-order valence-electron chi connectivity index (χ0n) is 17.0. The molecule has 0 spiro atoms. The van der Waals surface area contributed by atoms with E-state index in [1.165, 1.54) is 11.1 Å². The number of nitrogens with one attached hydrogen (secondary N) is 1. The molecule has 0 saturated carbocycles. The number of hydrogen-bond donors (Lipinski definition) is 1. The van der Waals surface area contributed by atoms with E-state index < -0.39 is 0 Å². The number of likely N-dealkylation sites (N-methyl/N-ethyl adjacent to an activating group) is 1. The quantitative estimate of drug-likeness (QED) is 0.773. The summed E-state index contributed by atoms with van der Waals surface area (Å²) in [5, 5.41) is 2.99. The second-order valence-corrected chi connectivity index (χ2v) is 7.97. The molecule has 0 bridgehead atoms. The van der Waals surface area contributed by atoms with E-state index in [1.807, 2.05) is 12.1 Å². The minimum absolute atomic E-state index is 0.0548. The van der Waals surface area contributed by atoms with Crippen LogP contribution in [0.25, 0.3) is 0 Å². The van der Waals surface area contributed by atoms with Crippen LogP contribution in [0.15, 0.2) is 18.2 Å². The van der Waals surface area contributed by atoms with Crippen LogP contribution in [0.3, 0.4) is 0 Å². The minimum atomic E-state index is -0.0548. The van der Waals surface area contributed by atoms with Crippen molar-refractivity contribution in [2.24, 2.45) is 5.92 Å². The Kier molecular flexibility index (Phi) is 7.91. The fraction of sp³-hybridized carbons (Fsp3) is 0.667. The average Bonchev–Trinajstić information content (AvgIpc) is 2.60. The maximum Gasteiger partial charge on any atom is 0.257 e. The Morgan fingerprint density at radius 2 is 1.88 bits per heavy atom.